The minimum Gasteiger partial charge on any atom is -0.426 e. The molecule has 0 saturated heterocycles. The van der Waals surface area contributed by atoms with Gasteiger partial charge in [0.05, 0.1) is 18.2 Å². The Labute approximate surface area is 264 Å². The van der Waals surface area contributed by atoms with Crippen molar-refractivity contribution >= 4 is 24.8 Å². The van der Waals surface area contributed by atoms with Gasteiger partial charge in [-0.15, -0.1) is 0 Å². The molecule has 236 valence electrons. The van der Waals surface area contributed by atoms with Crippen LogP contribution in [0.2, 0.25) is 0 Å². The topological polar surface area (TPSA) is 177 Å². The second-order valence-electron chi connectivity index (χ2n) is 12.2. The van der Waals surface area contributed by atoms with Crippen LogP contribution in [0.15, 0.2) is 73.2 Å². The Morgan fingerprint density at radius 1 is 0.933 bits per heavy atom. The number of hydrogen-bond acceptors (Lipinski definition) is 8. The average molecular weight is 613 g/mol. The van der Waals surface area contributed by atoms with Crippen LogP contribution in [0, 0.1) is 23.2 Å². The molecule has 3 amide bonds. The van der Waals surface area contributed by atoms with Gasteiger partial charge in [0.15, 0.2) is 0 Å². The van der Waals surface area contributed by atoms with E-state index in [9.17, 15) is 29.7 Å². The molecule has 0 spiro atoms. The fourth-order valence-corrected chi connectivity index (χ4v) is 4.90. The predicted molar refractivity (Wildman–Crippen MR) is 170 cm³/mol. The highest BCUT2D eigenvalue weighted by Crippen LogP contribution is 2.20. The molecule has 12 heteroatoms. The molecular formula is C33H41BN6O5. The first kappa shape index (κ1) is 34.9. The van der Waals surface area contributed by atoms with Crippen molar-refractivity contribution in [3.63, 3.8) is 0 Å². The summed E-state index contributed by atoms with van der Waals surface area (Å²) in [6.07, 6.45) is 5.36. The standard InChI is InChI=1S/C33H41BN6O5/c1-22(26(20-35)30(41)40-33(2,3)4)17-25-12-8-11-24(18-25)13-14-27(38-32(43)28-21-36-15-16-37-28)31(42)39-29(34(44)45)19-23-9-6-5-7-10-23/h5-12,15-16,18,21-22,26-27,29,44-45H,13-14,17,19H2,1-4H3,(H,38,43)(H,39,42)(H,40,41)/t22?,26?,27-,29-/m0/s1. The minimum atomic E-state index is -1.83. The third-order valence-corrected chi connectivity index (χ3v) is 7.16. The van der Waals surface area contributed by atoms with E-state index in [-0.39, 0.29) is 30.4 Å². The van der Waals surface area contributed by atoms with Gasteiger partial charge in [0, 0.05) is 17.9 Å². The lowest BCUT2D eigenvalue weighted by Gasteiger charge is -2.25. The summed E-state index contributed by atoms with van der Waals surface area (Å²) in [5.41, 5.74) is 2.21. The van der Waals surface area contributed by atoms with E-state index in [4.69, 9.17) is 0 Å². The first-order valence-corrected chi connectivity index (χ1v) is 14.9. The van der Waals surface area contributed by atoms with E-state index < -0.39 is 42.4 Å². The van der Waals surface area contributed by atoms with Crippen LogP contribution in [-0.4, -0.2) is 62.4 Å². The van der Waals surface area contributed by atoms with Gasteiger partial charge in [0.1, 0.15) is 17.7 Å². The number of nitrogens with one attached hydrogen (secondary N) is 3. The van der Waals surface area contributed by atoms with Crippen molar-refractivity contribution in [3.8, 4) is 6.07 Å². The highest BCUT2D eigenvalue weighted by molar-refractivity contribution is 6.43. The molecule has 2 aromatic carbocycles. The molecule has 0 aliphatic carbocycles. The van der Waals surface area contributed by atoms with E-state index >= 15 is 0 Å². The van der Waals surface area contributed by atoms with E-state index in [1.807, 2.05) is 82.3 Å². The predicted octanol–water partition coefficient (Wildman–Crippen LogP) is 2.18. The van der Waals surface area contributed by atoms with Crippen LogP contribution in [0.4, 0.5) is 0 Å². The van der Waals surface area contributed by atoms with E-state index in [1.54, 1.807) is 0 Å². The highest BCUT2D eigenvalue weighted by atomic mass is 16.4. The first-order chi connectivity index (χ1) is 21.4. The number of benzene rings is 2. The second kappa shape index (κ2) is 16.5. The van der Waals surface area contributed by atoms with Crippen molar-refractivity contribution in [2.45, 2.75) is 70.9 Å². The van der Waals surface area contributed by atoms with Gasteiger partial charge < -0.3 is 26.0 Å². The summed E-state index contributed by atoms with van der Waals surface area (Å²) in [5, 5.41) is 38.0. The molecule has 3 aromatic rings. The molecule has 0 saturated carbocycles. The number of rotatable bonds is 14. The molecule has 2 unspecified atom stereocenters. The maximum Gasteiger partial charge on any atom is 0.475 e. The SMILES string of the molecule is CC(Cc1cccc(CC[C@H](NC(=O)c2cnccn2)C(=O)N[C@@H](Cc2ccccc2)B(O)O)c1)C(C#N)C(=O)NC(C)(C)C. The summed E-state index contributed by atoms with van der Waals surface area (Å²) in [6, 6.07) is 17.9. The molecule has 0 bridgehead atoms. The van der Waals surface area contributed by atoms with Crippen LogP contribution in [0.25, 0.3) is 0 Å². The van der Waals surface area contributed by atoms with E-state index in [0.29, 0.717) is 12.8 Å². The average Bonchev–Trinajstić information content (AvgIpc) is 2.99. The van der Waals surface area contributed by atoms with Crippen molar-refractivity contribution < 1.29 is 24.4 Å². The van der Waals surface area contributed by atoms with Crippen molar-refractivity contribution in [1.29, 1.82) is 5.26 Å². The third kappa shape index (κ3) is 11.4. The van der Waals surface area contributed by atoms with Crippen LogP contribution < -0.4 is 16.0 Å². The lowest BCUT2D eigenvalue weighted by Crippen LogP contribution is -2.54. The van der Waals surface area contributed by atoms with Crippen molar-refractivity contribution in [1.82, 2.24) is 25.9 Å². The van der Waals surface area contributed by atoms with Crippen molar-refractivity contribution in [3.05, 3.63) is 95.6 Å². The van der Waals surface area contributed by atoms with Gasteiger partial charge in [-0.2, -0.15) is 5.26 Å². The molecule has 0 aliphatic rings. The Kier molecular flexibility index (Phi) is 12.8. The van der Waals surface area contributed by atoms with Crippen LogP contribution in [0.5, 0.6) is 0 Å². The molecular weight excluding hydrogens is 571 g/mol. The smallest absolute Gasteiger partial charge is 0.426 e. The molecule has 0 fully saturated rings. The summed E-state index contributed by atoms with van der Waals surface area (Å²) in [5.74, 6) is -3.55. The van der Waals surface area contributed by atoms with Gasteiger partial charge in [-0.3, -0.25) is 19.4 Å². The van der Waals surface area contributed by atoms with Gasteiger partial charge in [-0.1, -0.05) is 61.5 Å². The zero-order valence-corrected chi connectivity index (χ0v) is 26.1. The first-order valence-electron chi connectivity index (χ1n) is 14.9. The number of aromatic nitrogens is 2. The van der Waals surface area contributed by atoms with E-state index in [2.05, 4.69) is 32.0 Å². The summed E-state index contributed by atoms with van der Waals surface area (Å²) in [7, 11) is -1.83. The zero-order valence-electron chi connectivity index (χ0n) is 26.1. The van der Waals surface area contributed by atoms with Crippen molar-refractivity contribution in [2.24, 2.45) is 11.8 Å². The van der Waals surface area contributed by atoms with Gasteiger partial charge >= 0.3 is 7.12 Å². The number of carbonyl (C=O) groups excluding carboxylic acids is 3. The van der Waals surface area contributed by atoms with Gasteiger partial charge in [-0.05, 0) is 69.1 Å². The monoisotopic (exact) mass is 612 g/mol. The van der Waals surface area contributed by atoms with Gasteiger partial charge in [0.25, 0.3) is 5.91 Å². The Morgan fingerprint density at radius 3 is 2.24 bits per heavy atom. The van der Waals surface area contributed by atoms with Gasteiger partial charge in [0.2, 0.25) is 11.8 Å². The molecule has 4 atom stereocenters. The van der Waals surface area contributed by atoms with Crippen LogP contribution >= 0.6 is 0 Å². The van der Waals surface area contributed by atoms with Crippen molar-refractivity contribution in [2.75, 3.05) is 0 Å². The lowest BCUT2D eigenvalue weighted by atomic mass is 9.75. The third-order valence-electron chi connectivity index (χ3n) is 7.16. The molecule has 1 aromatic heterocycles. The maximum atomic E-state index is 13.5. The normalized spacial score (nSPS) is 13.8. The Hall–Kier alpha value is -4.60. The quantitative estimate of drug-likeness (QED) is 0.172. The molecule has 5 N–H and O–H groups in total. The molecule has 45 heavy (non-hydrogen) atoms. The fourth-order valence-electron chi connectivity index (χ4n) is 4.90. The second-order valence-corrected chi connectivity index (χ2v) is 12.2. The molecule has 0 aliphatic heterocycles. The maximum absolute atomic E-state index is 13.5. The number of carbonyl (C=O) groups is 3. The molecule has 11 nitrogen and oxygen atoms in total. The van der Waals surface area contributed by atoms with Crippen LogP contribution in [0.3, 0.4) is 0 Å². The molecule has 1 heterocycles. The largest absolute Gasteiger partial charge is 0.475 e. The lowest BCUT2D eigenvalue weighted by molar-refractivity contribution is -0.126. The number of nitrogens with zero attached hydrogens (tertiary/aromatic N) is 3. The number of amides is 3. The minimum absolute atomic E-state index is 0.0388. The van der Waals surface area contributed by atoms with Crippen LogP contribution in [0.1, 0.15) is 61.3 Å². The number of hydrogen-bond donors (Lipinski definition) is 5. The van der Waals surface area contributed by atoms with E-state index in [1.165, 1.54) is 18.6 Å². The number of aryl methyl sites for hydroxylation is 1. The Bertz CT molecular complexity index is 1460. The summed E-state index contributed by atoms with van der Waals surface area (Å²) in [4.78, 5) is 47.0. The Balaban J connectivity index is 1.74. The number of nitriles is 1. The van der Waals surface area contributed by atoms with Gasteiger partial charge in [-0.25, -0.2) is 4.98 Å². The van der Waals surface area contributed by atoms with E-state index in [0.717, 1.165) is 16.7 Å². The zero-order chi connectivity index (χ0) is 33.0. The summed E-state index contributed by atoms with van der Waals surface area (Å²) >= 11 is 0. The van der Waals surface area contributed by atoms with Crippen LogP contribution in [-0.2, 0) is 28.9 Å². The highest BCUT2D eigenvalue weighted by Gasteiger charge is 2.30. The molecule has 0 radical (unpaired) electrons. The Morgan fingerprint density at radius 2 is 1.62 bits per heavy atom. The summed E-state index contributed by atoms with van der Waals surface area (Å²) < 4.78 is 0. The molecule has 3 rings (SSSR count). The fraction of sp³-hybridized carbons (Fsp3) is 0.394. The summed E-state index contributed by atoms with van der Waals surface area (Å²) in [6.45, 7) is 7.47.